The molecule has 0 aliphatic rings. The highest BCUT2D eigenvalue weighted by Gasteiger charge is 2.17. The van der Waals surface area contributed by atoms with Gasteiger partial charge in [0.1, 0.15) is 11.4 Å². The van der Waals surface area contributed by atoms with Crippen LogP contribution in [0.2, 0.25) is 0 Å². The second kappa shape index (κ2) is 9.94. The molecule has 1 atom stereocenters. The average Bonchev–Trinajstić information content (AvgIpc) is 3.41. The van der Waals surface area contributed by atoms with Crippen LogP contribution in [0.15, 0.2) is 82.2 Å². The highest BCUT2D eigenvalue weighted by molar-refractivity contribution is 5.62. The van der Waals surface area contributed by atoms with Gasteiger partial charge in [-0.1, -0.05) is 30.3 Å². The third kappa shape index (κ3) is 4.94. The van der Waals surface area contributed by atoms with Gasteiger partial charge in [0.15, 0.2) is 0 Å². The first-order valence-electron chi connectivity index (χ1n) is 11.1. The van der Waals surface area contributed by atoms with Gasteiger partial charge in [-0.05, 0) is 63.0 Å². The number of hydrogen-bond acceptors (Lipinski definition) is 5. The fraction of sp³-hybridized carbons (Fsp3) is 0.269. The molecule has 7 heteroatoms. The Balaban J connectivity index is 1.42. The first-order chi connectivity index (χ1) is 16.0. The molecule has 33 heavy (non-hydrogen) atoms. The predicted molar refractivity (Wildman–Crippen MR) is 132 cm³/mol. The van der Waals surface area contributed by atoms with Gasteiger partial charge >= 0.3 is 0 Å². The molecular weight excluding hydrogens is 414 g/mol. The van der Waals surface area contributed by atoms with Gasteiger partial charge < -0.3 is 15.1 Å². The normalized spacial score (nSPS) is 12.3. The summed E-state index contributed by atoms with van der Waals surface area (Å²) in [5, 5.41) is 6.82. The van der Waals surface area contributed by atoms with Crippen molar-refractivity contribution in [3.05, 3.63) is 100 Å². The summed E-state index contributed by atoms with van der Waals surface area (Å²) in [5.74, 6) is 0.950. The molecule has 2 N–H and O–H groups in total. The van der Waals surface area contributed by atoms with Crippen molar-refractivity contribution in [1.82, 2.24) is 19.6 Å². The molecule has 7 nitrogen and oxygen atoms in total. The highest BCUT2D eigenvalue weighted by atomic mass is 16.3. The minimum absolute atomic E-state index is 0.0698. The fourth-order valence-electron chi connectivity index (χ4n) is 3.93. The molecule has 4 aromatic rings. The number of benzene rings is 2. The van der Waals surface area contributed by atoms with Gasteiger partial charge in [0.05, 0.1) is 23.7 Å². The third-order valence-corrected chi connectivity index (χ3v) is 5.94. The van der Waals surface area contributed by atoms with Gasteiger partial charge in [0, 0.05) is 25.8 Å². The zero-order chi connectivity index (χ0) is 23.4. The lowest BCUT2D eigenvalue weighted by Crippen LogP contribution is -2.30. The predicted octanol–water partition coefficient (Wildman–Crippen LogP) is 4.21. The first kappa shape index (κ1) is 22.6. The van der Waals surface area contributed by atoms with Crippen LogP contribution < -0.4 is 16.2 Å². The van der Waals surface area contributed by atoms with Crippen molar-refractivity contribution in [2.45, 2.75) is 19.5 Å². The summed E-state index contributed by atoms with van der Waals surface area (Å²) in [6, 6.07) is 21.9. The van der Waals surface area contributed by atoms with E-state index in [1.54, 1.807) is 10.9 Å². The first-order valence-corrected chi connectivity index (χ1v) is 11.1. The molecule has 4 rings (SSSR count). The summed E-state index contributed by atoms with van der Waals surface area (Å²) < 4.78 is 9.12. The standard InChI is InChI=1S/C26H31N5O2/c1-19-25(26(32)31(30(19)4)22-9-6-5-7-10-22)28-21-14-12-20(13-15-21)17-27-18-23(29(2)3)24-11-8-16-33-24/h5-16,23,27-28H,17-18H2,1-4H3/t23-/m0/s1. The molecule has 0 amide bonds. The Morgan fingerprint density at radius 3 is 2.36 bits per heavy atom. The Labute approximate surface area is 194 Å². The van der Waals surface area contributed by atoms with E-state index in [1.807, 2.05) is 87.3 Å². The zero-order valence-electron chi connectivity index (χ0n) is 19.6. The van der Waals surface area contributed by atoms with Crippen LogP contribution in [0, 0.1) is 6.92 Å². The largest absolute Gasteiger partial charge is 0.468 e. The number of nitrogens with zero attached hydrogens (tertiary/aromatic N) is 3. The summed E-state index contributed by atoms with van der Waals surface area (Å²) in [5.41, 5.74) is 4.28. The molecule has 0 aliphatic heterocycles. The summed E-state index contributed by atoms with van der Waals surface area (Å²) in [4.78, 5) is 15.2. The minimum Gasteiger partial charge on any atom is -0.468 e. The van der Waals surface area contributed by atoms with Crippen LogP contribution in [0.3, 0.4) is 0 Å². The Morgan fingerprint density at radius 1 is 1.00 bits per heavy atom. The fourth-order valence-corrected chi connectivity index (χ4v) is 3.93. The lowest BCUT2D eigenvalue weighted by molar-refractivity contribution is 0.250. The van der Waals surface area contributed by atoms with E-state index in [0.29, 0.717) is 5.69 Å². The molecule has 0 unspecified atom stereocenters. The molecule has 0 fully saturated rings. The van der Waals surface area contributed by atoms with Crippen LogP contribution in [0.5, 0.6) is 0 Å². The quantitative estimate of drug-likeness (QED) is 0.404. The van der Waals surface area contributed by atoms with Crippen molar-refractivity contribution < 1.29 is 4.42 Å². The van der Waals surface area contributed by atoms with E-state index < -0.39 is 0 Å². The van der Waals surface area contributed by atoms with Crippen molar-refractivity contribution in [2.24, 2.45) is 7.05 Å². The third-order valence-electron chi connectivity index (χ3n) is 5.94. The van der Waals surface area contributed by atoms with Crippen LogP contribution in [-0.2, 0) is 13.6 Å². The number of aromatic nitrogens is 2. The number of likely N-dealkylation sites (N-methyl/N-ethyl adjacent to an activating group) is 1. The number of rotatable bonds is 9. The summed E-state index contributed by atoms with van der Waals surface area (Å²) >= 11 is 0. The molecule has 172 valence electrons. The molecule has 0 saturated carbocycles. The molecule has 0 spiro atoms. The molecule has 2 aromatic heterocycles. The lowest BCUT2D eigenvalue weighted by Gasteiger charge is -2.22. The maximum absolute atomic E-state index is 13.1. The van der Waals surface area contributed by atoms with Crippen LogP contribution in [0.1, 0.15) is 23.1 Å². The SMILES string of the molecule is Cc1c(Nc2ccc(CNC[C@@H](c3ccco3)N(C)C)cc2)c(=O)n(-c2ccccc2)n1C. The smallest absolute Gasteiger partial charge is 0.295 e. The molecule has 2 aromatic carbocycles. The van der Waals surface area contributed by atoms with E-state index in [0.717, 1.165) is 35.9 Å². The molecule has 0 saturated heterocycles. The van der Waals surface area contributed by atoms with Crippen molar-refractivity contribution in [1.29, 1.82) is 0 Å². The van der Waals surface area contributed by atoms with E-state index in [9.17, 15) is 4.79 Å². The van der Waals surface area contributed by atoms with Gasteiger partial charge in [-0.2, -0.15) is 0 Å². The number of nitrogens with one attached hydrogen (secondary N) is 2. The Kier molecular flexibility index (Phi) is 6.82. The van der Waals surface area contributed by atoms with Gasteiger partial charge in [0.2, 0.25) is 0 Å². The Hall–Kier alpha value is -3.55. The topological polar surface area (TPSA) is 67.4 Å². The van der Waals surface area contributed by atoms with Crippen LogP contribution >= 0.6 is 0 Å². The maximum Gasteiger partial charge on any atom is 0.295 e. The van der Waals surface area contributed by atoms with Gasteiger partial charge in [-0.15, -0.1) is 0 Å². The van der Waals surface area contributed by atoms with E-state index in [1.165, 1.54) is 5.56 Å². The zero-order valence-corrected chi connectivity index (χ0v) is 19.6. The maximum atomic E-state index is 13.1. The monoisotopic (exact) mass is 445 g/mol. The van der Waals surface area contributed by atoms with E-state index in [2.05, 4.69) is 27.7 Å². The lowest BCUT2D eigenvalue weighted by atomic mass is 10.1. The van der Waals surface area contributed by atoms with Gasteiger partial charge in [0.25, 0.3) is 5.56 Å². The molecule has 0 bridgehead atoms. The van der Waals surface area contributed by atoms with Crippen LogP contribution in [0.4, 0.5) is 11.4 Å². The Bertz CT molecular complexity index is 1220. The average molecular weight is 446 g/mol. The summed E-state index contributed by atoms with van der Waals surface area (Å²) in [6.45, 7) is 3.47. The van der Waals surface area contributed by atoms with Crippen molar-refractivity contribution in [3.8, 4) is 5.69 Å². The number of hydrogen-bond donors (Lipinski definition) is 2. The molecular formula is C26H31N5O2. The molecule has 0 aliphatic carbocycles. The Morgan fingerprint density at radius 2 is 1.73 bits per heavy atom. The number of anilines is 2. The highest BCUT2D eigenvalue weighted by Crippen LogP contribution is 2.20. The van der Waals surface area contributed by atoms with E-state index in [-0.39, 0.29) is 11.6 Å². The van der Waals surface area contributed by atoms with Gasteiger partial charge in [-0.3, -0.25) is 14.4 Å². The number of furan rings is 1. The van der Waals surface area contributed by atoms with Crippen LogP contribution in [0.25, 0.3) is 5.69 Å². The molecule has 2 heterocycles. The van der Waals surface area contributed by atoms with E-state index in [4.69, 9.17) is 4.42 Å². The van der Waals surface area contributed by atoms with E-state index >= 15 is 0 Å². The van der Waals surface area contributed by atoms with Crippen molar-refractivity contribution in [3.63, 3.8) is 0 Å². The summed E-state index contributed by atoms with van der Waals surface area (Å²) in [7, 11) is 5.99. The minimum atomic E-state index is -0.0698. The summed E-state index contributed by atoms with van der Waals surface area (Å²) in [6.07, 6.45) is 1.71. The second-order valence-corrected chi connectivity index (χ2v) is 8.38. The van der Waals surface area contributed by atoms with Gasteiger partial charge in [-0.25, -0.2) is 4.68 Å². The number of para-hydroxylation sites is 1. The van der Waals surface area contributed by atoms with Crippen molar-refractivity contribution in [2.75, 3.05) is 26.0 Å². The molecule has 0 radical (unpaired) electrons. The van der Waals surface area contributed by atoms with Crippen molar-refractivity contribution >= 4 is 11.4 Å². The second-order valence-electron chi connectivity index (χ2n) is 8.38. The van der Waals surface area contributed by atoms with Crippen LogP contribution in [-0.4, -0.2) is 34.9 Å².